The molecule has 112 valence electrons. The molecule has 3 nitrogen and oxygen atoms in total. The Morgan fingerprint density at radius 1 is 1.30 bits per heavy atom. The number of hydrogen-bond donors (Lipinski definition) is 1. The zero-order chi connectivity index (χ0) is 14.4. The molecule has 0 saturated carbocycles. The highest BCUT2D eigenvalue weighted by molar-refractivity contribution is 5.85. The molecule has 0 heterocycles. The van der Waals surface area contributed by atoms with Crippen molar-refractivity contribution < 1.29 is 9.53 Å². The minimum Gasteiger partial charge on any atom is -0.461 e. The van der Waals surface area contributed by atoms with E-state index >= 15 is 0 Å². The highest BCUT2D eigenvalue weighted by Crippen LogP contribution is 2.22. The smallest absolute Gasteiger partial charge is 0.322 e. The largest absolute Gasteiger partial charge is 0.461 e. The van der Waals surface area contributed by atoms with Crippen molar-refractivity contribution in [2.45, 2.75) is 39.3 Å². The number of halogens is 1. The topological polar surface area (TPSA) is 52.3 Å². The number of carbonyl (C=O) groups is 1. The molecule has 0 unspecified atom stereocenters. The molecule has 0 aliphatic rings. The molecule has 1 aromatic rings. The van der Waals surface area contributed by atoms with Gasteiger partial charge in [-0.3, -0.25) is 4.79 Å². The highest BCUT2D eigenvalue weighted by atomic mass is 35.5. The third-order valence-electron chi connectivity index (χ3n) is 3.17. The molecule has 0 aliphatic heterocycles. The van der Waals surface area contributed by atoms with Gasteiger partial charge in [-0.25, -0.2) is 0 Å². The molecular weight excluding hydrogens is 274 g/mol. The first-order valence-corrected chi connectivity index (χ1v) is 6.57. The number of rotatable bonds is 6. The summed E-state index contributed by atoms with van der Waals surface area (Å²) in [6, 6.07) is 9.53. The Morgan fingerprint density at radius 2 is 1.85 bits per heavy atom. The second-order valence-electron chi connectivity index (χ2n) is 5.07. The zero-order valence-corrected chi connectivity index (χ0v) is 13.2. The number of benzene rings is 1. The summed E-state index contributed by atoms with van der Waals surface area (Å²) in [7, 11) is 0. The van der Waals surface area contributed by atoms with E-state index in [4.69, 9.17) is 10.5 Å². The molecule has 0 amide bonds. The summed E-state index contributed by atoms with van der Waals surface area (Å²) in [5.74, 6) is -0.267. The van der Waals surface area contributed by atoms with Crippen LogP contribution in [0.15, 0.2) is 42.5 Å². The van der Waals surface area contributed by atoms with Gasteiger partial charge in [0, 0.05) is 5.92 Å². The zero-order valence-electron chi connectivity index (χ0n) is 12.3. The van der Waals surface area contributed by atoms with E-state index in [9.17, 15) is 4.79 Å². The molecular formula is C16H24ClNO2. The second-order valence-corrected chi connectivity index (χ2v) is 5.07. The van der Waals surface area contributed by atoms with Crippen LogP contribution in [0.3, 0.4) is 0 Å². The Morgan fingerprint density at radius 3 is 2.30 bits per heavy atom. The van der Waals surface area contributed by atoms with Crippen LogP contribution in [0, 0.1) is 5.92 Å². The average molecular weight is 298 g/mol. The summed E-state index contributed by atoms with van der Waals surface area (Å²) in [5, 5.41) is 0. The fraction of sp³-hybridized carbons (Fsp3) is 0.438. The van der Waals surface area contributed by atoms with Gasteiger partial charge < -0.3 is 10.5 Å². The van der Waals surface area contributed by atoms with Gasteiger partial charge in [0.05, 0.1) is 0 Å². The van der Waals surface area contributed by atoms with Gasteiger partial charge in [0.15, 0.2) is 0 Å². The Bertz CT molecular complexity index is 431. The van der Waals surface area contributed by atoms with E-state index in [0.717, 1.165) is 12.0 Å². The van der Waals surface area contributed by atoms with E-state index in [1.165, 1.54) is 5.56 Å². The Kier molecular flexibility index (Phi) is 8.19. The number of carbonyl (C=O) groups excluding carboxylic acids is 1. The summed E-state index contributed by atoms with van der Waals surface area (Å²) in [6.45, 7) is 9.48. The average Bonchev–Trinajstić information content (AvgIpc) is 2.36. The molecule has 0 bridgehead atoms. The predicted molar refractivity (Wildman–Crippen MR) is 84.9 cm³/mol. The maximum Gasteiger partial charge on any atom is 0.322 e. The summed E-state index contributed by atoms with van der Waals surface area (Å²) in [4.78, 5) is 11.6. The first-order chi connectivity index (χ1) is 8.91. The lowest BCUT2D eigenvalue weighted by Crippen LogP contribution is -2.34. The van der Waals surface area contributed by atoms with Crippen LogP contribution in [0.1, 0.15) is 26.3 Å². The van der Waals surface area contributed by atoms with Crippen molar-refractivity contribution >= 4 is 18.4 Å². The van der Waals surface area contributed by atoms with Crippen LogP contribution in [0.2, 0.25) is 0 Å². The van der Waals surface area contributed by atoms with Crippen LogP contribution < -0.4 is 5.73 Å². The number of hydrogen-bond acceptors (Lipinski definition) is 3. The predicted octanol–water partition coefficient (Wildman–Crippen LogP) is 3.12. The van der Waals surface area contributed by atoms with Gasteiger partial charge >= 0.3 is 5.97 Å². The van der Waals surface area contributed by atoms with Gasteiger partial charge in [0.25, 0.3) is 0 Å². The standard InChI is InChI=1S/C16H23NO2.ClH/c1-11(2)15(10-14-8-6-5-7-9-14)13(4)19-16(18)12(3)17;/h5-9,12-13,15H,1,10,17H2,2-4H3;1H/t12-,13-,15+;/m0./s1. The van der Waals surface area contributed by atoms with Gasteiger partial charge in [-0.05, 0) is 32.8 Å². The van der Waals surface area contributed by atoms with Gasteiger partial charge in [-0.2, -0.15) is 0 Å². The van der Waals surface area contributed by atoms with Crippen LogP contribution in [-0.4, -0.2) is 18.1 Å². The van der Waals surface area contributed by atoms with Crippen molar-refractivity contribution in [1.82, 2.24) is 0 Å². The van der Waals surface area contributed by atoms with Gasteiger partial charge in [-0.15, -0.1) is 12.4 Å². The van der Waals surface area contributed by atoms with Gasteiger partial charge in [-0.1, -0.05) is 42.5 Å². The quantitative estimate of drug-likeness (QED) is 0.648. The van der Waals surface area contributed by atoms with Crippen molar-refractivity contribution in [2.75, 3.05) is 0 Å². The fourth-order valence-corrected chi connectivity index (χ4v) is 1.98. The highest BCUT2D eigenvalue weighted by Gasteiger charge is 2.23. The minimum atomic E-state index is -0.593. The number of nitrogens with two attached hydrogens (primary N) is 1. The van der Waals surface area contributed by atoms with E-state index in [-0.39, 0.29) is 30.4 Å². The van der Waals surface area contributed by atoms with Crippen molar-refractivity contribution in [3.63, 3.8) is 0 Å². The molecule has 0 radical (unpaired) electrons. The van der Waals surface area contributed by atoms with E-state index in [0.29, 0.717) is 0 Å². The van der Waals surface area contributed by atoms with Gasteiger partial charge in [0.2, 0.25) is 0 Å². The van der Waals surface area contributed by atoms with E-state index in [2.05, 4.69) is 18.7 Å². The first kappa shape index (κ1) is 18.7. The number of esters is 1. The van der Waals surface area contributed by atoms with E-state index in [1.54, 1.807) is 6.92 Å². The van der Waals surface area contributed by atoms with Crippen LogP contribution >= 0.6 is 12.4 Å². The summed E-state index contributed by atoms with van der Waals surface area (Å²) in [5.41, 5.74) is 7.73. The Balaban J connectivity index is 0.00000361. The lowest BCUT2D eigenvalue weighted by Gasteiger charge is -2.25. The molecule has 4 heteroatoms. The van der Waals surface area contributed by atoms with Crippen LogP contribution in [0.5, 0.6) is 0 Å². The number of ether oxygens (including phenoxy) is 1. The van der Waals surface area contributed by atoms with Crippen molar-refractivity contribution in [3.05, 3.63) is 48.0 Å². The molecule has 3 atom stereocenters. The lowest BCUT2D eigenvalue weighted by atomic mass is 9.89. The normalized spacial score (nSPS) is 14.6. The monoisotopic (exact) mass is 297 g/mol. The third kappa shape index (κ3) is 5.76. The first-order valence-electron chi connectivity index (χ1n) is 6.57. The SMILES string of the molecule is C=C(C)[C@@H](Cc1ccccc1)[C@H](C)OC(=O)[C@H](C)N.Cl. The van der Waals surface area contributed by atoms with Crippen molar-refractivity contribution in [2.24, 2.45) is 11.7 Å². The van der Waals surface area contributed by atoms with Crippen molar-refractivity contribution in [1.29, 1.82) is 0 Å². The molecule has 0 spiro atoms. The summed E-state index contributed by atoms with van der Waals surface area (Å²) in [6.07, 6.45) is 0.583. The molecule has 0 aromatic heterocycles. The molecule has 2 N–H and O–H groups in total. The summed E-state index contributed by atoms with van der Waals surface area (Å²) >= 11 is 0. The van der Waals surface area contributed by atoms with Crippen LogP contribution in [-0.2, 0) is 16.0 Å². The minimum absolute atomic E-state index is 0. The van der Waals surface area contributed by atoms with Crippen LogP contribution in [0.4, 0.5) is 0 Å². The molecule has 1 rings (SSSR count). The third-order valence-corrected chi connectivity index (χ3v) is 3.17. The fourth-order valence-electron chi connectivity index (χ4n) is 1.98. The molecule has 20 heavy (non-hydrogen) atoms. The Hall–Kier alpha value is -1.32. The second kappa shape index (κ2) is 8.77. The molecule has 0 fully saturated rings. The molecule has 0 saturated heterocycles. The molecule has 1 aromatic carbocycles. The lowest BCUT2D eigenvalue weighted by molar-refractivity contribution is -0.151. The van der Waals surface area contributed by atoms with E-state index in [1.807, 2.05) is 32.0 Å². The molecule has 0 aliphatic carbocycles. The van der Waals surface area contributed by atoms with Gasteiger partial charge in [0.1, 0.15) is 12.1 Å². The Labute approximate surface area is 127 Å². The van der Waals surface area contributed by atoms with E-state index < -0.39 is 6.04 Å². The van der Waals surface area contributed by atoms with Crippen LogP contribution in [0.25, 0.3) is 0 Å². The maximum atomic E-state index is 11.6. The van der Waals surface area contributed by atoms with Crippen molar-refractivity contribution in [3.8, 4) is 0 Å². The maximum absolute atomic E-state index is 11.6. The summed E-state index contributed by atoms with van der Waals surface area (Å²) < 4.78 is 5.38.